The van der Waals surface area contributed by atoms with Gasteiger partial charge >= 0.3 is 6.09 Å². The number of nitrogens with zero attached hydrogens (tertiary/aromatic N) is 1. The maximum atomic E-state index is 12.6. The summed E-state index contributed by atoms with van der Waals surface area (Å²) in [5.74, 6) is 0. The van der Waals surface area contributed by atoms with Crippen molar-refractivity contribution in [2.75, 3.05) is 18.4 Å². The zero-order valence-electron chi connectivity index (χ0n) is 13.7. The van der Waals surface area contributed by atoms with Gasteiger partial charge in [-0.1, -0.05) is 36.4 Å². The molecule has 0 aromatic heterocycles. The largest absolute Gasteiger partial charge is 0.444 e. The lowest BCUT2D eigenvalue weighted by atomic mass is 10.2. The van der Waals surface area contributed by atoms with E-state index in [0.717, 1.165) is 18.4 Å². The first-order chi connectivity index (χ1) is 12.1. The normalized spacial score (nSPS) is 15.0. The second-order valence-corrected chi connectivity index (χ2v) is 7.76. The third-order valence-corrected chi connectivity index (χ3v) is 5.89. The summed E-state index contributed by atoms with van der Waals surface area (Å²) in [6.07, 6.45) is 1.13. The average Bonchev–Trinajstić information content (AvgIpc) is 3.17. The van der Waals surface area contributed by atoms with E-state index in [9.17, 15) is 13.2 Å². The number of rotatable bonds is 5. The lowest BCUT2D eigenvalue weighted by Crippen LogP contribution is -2.27. The highest BCUT2D eigenvalue weighted by Gasteiger charge is 2.27. The predicted molar refractivity (Wildman–Crippen MR) is 94.7 cm³/mol. The van der Waals surface area contributed by atoms with Crippen molar-refractivity contribution >= 4 is 21.8 Å². The molecule has 0 atom stereocenters. The number of hydrogen-bond acceptors (Lipinski definition) is 4. The van der Waals surface area contributed by atoms with Crippen LogP contribution >= 0.6 is 0 Å². The highest BCUT2D eigenvalue weighted by atomic mass is 32.2. The molecular weight excluding hydrogens is 340 g/mol. The average molecular weight is 360 g/mol. The number of benzene rings is 2. The number of amides is 1. The summed E-state index contributed by atoms with van der Waals surface area (Å²) in [4.78, 5) is 12.1. The molecule has 2 aromatic carbocycles. The Hall–Kier alpha value is -2.38. The Morgan fingerprint density at radius 2 is 1.76 bits per heavy atom. The van der Waals surface area contributed by atoms with Gasteiger partial charge in [0.1, 0.15) is 6.61 Å². The Morgan fingerprint density at radius 1 is 1.04 bits per heavy atom. The number of nitrogens with one attached hydrogen (secondary N) is 1. The molecule has 1 aliphatic rings. The number of ether oxygens (including phenoxy) is 1. The monoisotopic (exact) mass is 360 g/mol. The fourth-order valence-electron chi connectivity index (χ4n) is 2.69. The van der Waals surface area contributed by atoms with Gasteiger partial charge < -0.3 is 4.74 Å². The molecule has 1 aliphatic heterocycles. The summed E-state index contributed by atoms with van der Waals surface area (Å²) in [5, 5.41) is 2.57. The van der Waals surface area contributed by atoms with Crippen LogP contribution in [0.1, 0.15) is 18.4 Å². The summed E-state index contributed by atoms with van der Waals surface area (Å²) in [6, 6.07) is 15.6. The van der Waals surface area contributed by atoms with Gasteiger partial charge in [-0.15, -0.1) is 0 Å². The number of sulfonamides is 1. The molecule has 2 aromatic rings. The molecule has 0 saturated carbocycles. The Labute approximate surface area is 147 Å². The van der Waals surface area contributed by atoms with Crippen LogP contribution in [0.4, 0.5) is 10.5 Å². The summed E-state index contributed by atoms with van der Waals surface area (Å²) in [7, 11) is -3.51. The fourth-order valence-corrected chi connectivity index (χ4v) is 4.25. The Bertz CT molecular complexity index is 831. The number of anilines is 1. The van der Waals surface area contributed by atoms with Gasteiger partial charge in [-0.2, -0.15) is 4.31 Å². The molecule has 0 bridgehead atoms. The topological polar surface area (TPSA) is 75.7 Å². The molecule has 3 rings (SSSR count). The quantitative estimate of drug-likeness (QED) is 0.888. The van der Waals surface area contributed by atoms with E-state index >= 15 is 0 Å². The van der Waals surface area contributed by atoms with Crippen LogP contribution in [0.2, 0.25) is 0 Å². The lowest BCUT2D eigenvalue weighted by Gasteiger charge is -2.16. The summed E-state index contributed by atoms with van der Waals surface area (Å²) < 4.78 is 31.7. The molecule has 0 spiro atoms. The first-order valence-corrected chi connectivity index (χ1v) is 9.58. The molecule has 1 heterocycles. The molecular formula is C18H20N2O4S. The maximum Gasteiger partial charge on any atom is 0.411 e. The molecule has 1 N–H and O–H groups in total. The first kappa shape index (κ1) is 17.4. The van der Waals surface area contributed by atoms with Crippen molar-refractivity contribution < 1.29 is 17.9 Å². The van der Waals surface area contributed by atoms with Crippen molar-refractivity contribution in [2.45, 2.75) is 24.3 Å². The molecule has 1 saturated heterocycles. The Kier molecular flexibility index (Phi) is 5.35. The van der Waals surface area contributed by atoms with E-state index in [1.165, 1.54) is 16.4 Å². The van der Waals surface area contributed by atoms with Crippen molar-refractivity contribution in [2.24, 2.45) is 0 Å². The molecule has 25 heavy (non-hydrogen) atoms. The van der Waals surface area contributed by atoms with Crippen molar-refractivity contribution in [1.29, 1.82) is 0 Å². The van der Waals surface area contributed by atoms with Crippen LogP contribution < -0.4 is 5.32 Å². The third kappa shape index (κ3) is 4.37. The van der Waals surface area contributed by atoms with Gasteiger partial charge in [0.2, 0.25) is 10.0 Å². The maximum absolute atomic E-state index is 12.6. The van der Waals surface area contributed by atoms with Gasteiger partial charge in [0.05, 0.1) is 4.90 Å². The molecule has 0 radical (unpaired) electrons. The van der Waals surface area contributed by atoms with E-state index in [0.29, 0.717) is 18.8 Å². The van der Waals surface area contributed by atoms with Gasteiger partial charge in [0.25, 0.3) is 0 Å². The molecule has 1 amide bonds. The zero-order valence-corrected chi connectivity index (χ0v) is 14.5. The third-order valence-electron chi connectivity index (χ3n) is 4.00. The second-order valence-electron chi connectivity index (χ2n) is 5.83. The van der Waals surface area contributed by atoms with Crippen LogP contribution in [0, 0.1) is 0 Å². The summed E-state index contributed by atoms with van der Waals surface area (Å²) in [5.41, 5.74) is 1.27. The second kappa shape index (κ2) is 7.67. The van der Waals surface area contributed by atoms with E-state index in [2.05, 4.69) is 5.32 Å². The van der Waals surface area contributed by atoms with Gasteiger partial charge in [-0.25, -0.2) is 13.2 Å². The van der Waals surface area contributed by atoms with Crippen LogP contribution in [0.3, 0.4) is 0 Å². The van der Waals surface area contributed by atoms with Crippen LogP contribution in [0.15, 0.2) is 59.5 Å². The lowest BCUT2D eigenvalue weighted by molar-refractivity contribution is 0.155. The number of carbonyl (C=O) groups is 1. The summed E-state index contributed by atoms with van der Waals surface area (Å²) in [6.45, 7) is 1.23. The van der Waals surface area contributed by atoms with E-state index < -0.39 is 16.1 Å². The SMILES string of the molecule is O=C(Nc1cccc(S(=O)(=O)N2CCCC2)c1)OCc1ccccc1. The molecule has 6 nitrogen and oxygen atoms in total. The Morgan fingerprint density at radius 3 is 2.48 bits per heavy atom. The molecule has 132 valence electrons. The highest BCUT2D eigenvalue weighted by Crippen LogP contribution is 2.23. The van der Waals surface area contributed by atoms with E-state index in [1.807, 2.05) is 30.3 Å². The van der Waals surface area contributed by atoms with Crippen molar-refractivity contribution in [3.8, 4) is 0 Å². The minimum Gasteiger partial charge on any atom is -0.444 e. The fraction of sp³-hybridized carbons (Fsp3) is 0.278. The van der Waals surface area contributed by atoms with Gasteiger partial charge in [0.15, 0.2) is 0 Å². The van der Waals surface area contributed by atoms with Crippen molar-refractivity contribution in [3.63, 3.8) is 0 Å². The van der Waals surface area contributed by atoms with Crippen molar-refractivity contribution in [1.82, 2.24) is 4.31 Å². The van der Waals surface area contributed by atoms with E-state index in [1.54, 1.807) is 12.1 Å². The molecule has 1 fully saturated rings. The number of hydrogen-bond donors (Lipinski definition) is 1. The number of carbonyl (C=O) groups excluding carboxylic acids is 1. The van der Waals surface area contributed by atoms with Gasteiger partial charge in [0, 0.05) is 18.8 Å². The van der Waals surface area contributed by atoms with Gasteiger partial charge in [-0.3, -0.25) is 5.32 Å². The molecule has 7 heteroatoms. The van der Waals surface area contributed by atoms with E-state index in [-0.39, 0.29) is 11.5 Å². The first-order valence-electron chi connectivity index (χ1n) is 8.14. The van der Waals surface area contributed by atoms with Crippen LogP contribution in [-0.2, 0) is 21.4 Å². The molecule has 0 unspecified atom stereocenters. The Balaban J connectivity index is 1.64. The standard InChI is InChI=1S/C18H20N2O4S/c21-18(24-14-15-7-2-1-3-8-15)19-16-9-6-10-17(13-16)25(22,23)20-11-4-5-12-20/h1-3,6-10,13H,4-5,11-12,14H2,(H,19,21). The smallest absolute Gasteiger partial charge is 0.411 e. The zero-order chi connectivity index (χ0) is 17.7. The van der Waals surface area contributed by atoms with Crippen LogP contribution in [0.25, 0.3) is 0 Å². The summed E-state index contributed by atoms with van der Waals surface area (Å²) >= 11 is 0. The van der Waals surface area contributed by atoms with Gasteiger partial charge in [-0.05, 0) is 36.6 Å². The molecule has 0 aliphatic carbocycles. The van der Waals surface area contributed by atoms with Crippen molar-refractivity contribution in [3.05, 3.63) is 60.2 Å². The highest BCUT2D eigenvalue weighted by molar-refractivity contribution is 7.89. The minimum absolute atomic E-state index is 0.151. The van der Waals surface area contributed by atoms with Crippen LogP contribution in [-0.4, -0.2) is 31.9 Å². The van der Waals surface area contributed by atoms with Crippen LogP contribution in [0.5, 0.6) is 0 Å². The van der Waals surface area contributed by atoms with E-state index in [4.69, 9.17) is 4.74 Å². The minimum atomic E-state index is -3.51. The predicted octanol–water partition coefficient (Wildman–Crippen LogP) is 3.22.